The Morgan fingerprint density at radius 1 is 0.216 bits per heavy atom. The average molecular weight is 2180 g/mol. The van der Waals surface area contributed by atoms with E-state index in [2.05, 4.69) is 45.7 Å². The molecule has 0 spiro atoms. The van der Waals surface area contributed by atoms with Gasteiger partial charge >= 0.3 is 131 Å². The molecule has 58 heteroatoms. The Morgan fingerprint density at radius 2 is 0.284 bits per heavy atom. The van der Waals surface area contributed by atoms with Crippen molar-refractivity contribution < 1.29 is 219 Å². The molecule has 0 heterocycles. The quantitative estimate of drug-likeness (QED) is 0.0254. The van der Waals surface area contributed by atoms with E-state index >= 15 is 0 Å². The van der Waals surface area contributed by atoms with Crippen molar-refractivity contribution in [1.29, 1.82) is 0 Å². The fourth-order valence-corrected chi connectivity index (χ4v) is 5.63. The number of nitrogens with one attached hydrogen (secondary N) is 6. The zero-order valence-electron chi connectivity index (χ0n) is 77.6. The summed E-state index contributed by atoms with van der Waals surface area (Å²) < 4.78 is 156. The fraction of sp³-hybridized carbons (Fsp3) is 0.395. The summed E-state index contributed by atoms with van der Waals surface area (Å²) in [7, 11) is 9.75. The fourth-order valence-electron chi connectivity index (χ4n) is 5.63. The summed E-state index contributed by atoms with van der Waals surface area (Å²) in [6, 6.07) is 43.4. The molecule has 0 bridgehead atoms. The predicted molar refractivity (Wildman–Crippen MR) is 484 cm³/mol. The van der Waals surface area contributed by atoms with Gasteiger partial charge in [0.1, 0.15) is 0 Å². The maximum absolute atomic E-state index is 9.75. The summed E-state index contributed by atoms with van der Waals surface area (Å²) >= 11 is 0. The van der Waals surface area contributed by atoms with E-state index in [1.807, 2.05) is 109 Å². The van der Waals surface area contributed by atoms with Crippen LogP contribution in [0.25, 0.3) is 66.3 Å². The van der Waals surface area contributed by atoms with Crippen LogP contribution in [0.2, 0.25) is 0 Å². The Kier molecular flexibility index (Phi) is 115. The van der Waals surface area contributed by atoms with E-state index in [1.165, 1.54) is 49.0 Å². The van der Waals surface area contributed by atoms with Gasteiger partial charge in [0, 0.05) is 141 Å². The molecular formula is C76H118B4F16Fe6N22O10. The van der Waals surface area contributed by atoms with E-state index in [1.54, 1.807) is 177 Å². The average Bonchev–Trinajstić information content (AvgIpc) is 0.850. The molecule has 6 N–H and O–H groups in total. The molecule has 0 aromatic heterocycles. The number of rotatable bonds is 28. The van der Waals surface area contributed by atoms with Gasteiger partial charge in [0.15, 0.2) is 0 Å². The van der Waals surface area contributed by atoms with Crippen LogP contribution in [0.3, 0.4) is 0 Å². The molecule has 0 aliphatic carbocycles. The summed E-state index contributed by atoms with van der Waals surface area (Å²) in [5.41, 5.74) is 53.4. The standard InChI is InChI=1S/2C23H24N6.10C3H7NO.4BF4.6Fe/c2*1-23(14-27-20-11-5-2-8-17(20)24,15-28-21-12-6-3-9-18(21)25)16-29-22-13-7-4-10-19(22)26;10*1-4(2)3-5;4*2-1(3,4)5;;;;;;/h2*2-13,24-26H,14-16H2,1H3;10*3H,1-2H3;;;;;;;;;;/q2*-6;;;;;;;;;;;4*-1;2*+2;4*+3. The van der Waals surface area contributed by atoms with Gasteiger partial charge in [-0.25, -0.2) is 0 Å². The zero-order valence-corrected chi connectivity index (χ0v) is 84.2. The van der Waals surface area contributed by atoms with Crippen LogP contribution in [-0.4, -0.2) is 322 Å². The first-order chi connectivity index (χ1) is 58.6. The van der Waals surface area contributed by atoms with Crippen molar-refractivity contribution in [1.82, 2.24) is 49.0 Å². The van der Waals surface area contributed by atoms with Crippen molar-refractivity contribution in [2.75, 3.05) is 180 Å². The minimum atomic E-state index is -6.00. The molecule has 6 rings (SSSR count). The second kappa shape index (κ2) is 96.0. The van der Waals surface area contributed by atoms with Crippen LogP contribution in [-0.2, 0) is 150 Å². The number of nitrogens with zero attached hydrogens (tertiary/aromatic N) is 16. The molecule has 10 amide bonds. The Labute approximate surface area is 841 Å². The molecule has 0 aliphatic rings. The molecule has 6 aromatic carbocycles. The maximum atomic E-state index is 9.75. The summed E-state index contributed by atoms with van der Waals surface area (Å²) in [4.78, 5) is 109. The first-order valence-corrected chi connectivity index (χ1v) is 36.2. The minimum absolute atomic E-state index is 0. The molecule has 6 aromatic rings. The molecule has 0 saturated heterocycles. The number of carbonyl (C=O) groups is 10. The van der Waals surface area contributed by atoms with Gasteiger partial charge in [0.25, 0.3) is 0 Å². The van der Waals surface area contributed by atoms with E-state index in [-0.39, 0.29) is 102 Å². The number of amides is 10. The van der Waals surface area contributed by atoms with E-state index in [0.29, 0.717) is 108 Å². The van der Waals surface area contributed by atoms with Crippen LogP contribution >= 0.6 is 0 Å². The molecule has 764 valence electrons. The second-order valence-electron chi connectivity index (χ2n) is 27.3. The van der Waals surface area contributed by atoms with Gasteiger partial charge in [-0.3, -0.25) is 47.9 Å². The Bertz CT molecular complexity index is 3170. The van der Waals surface area contributed by atoms with E-state index in [0.717, 1.165) is 64.1 Å². The van der Waals surface area contributed by atoms with Crippen LogP contribution < -0.4 is 0 Å². The van der Waals surface area contributed by atoms with Crippen molar-refractivity contribution in [2.45, 2.75) is 13.8 Å². The molecule has 32 nitrogen and oxygen atoms in total. The first-order valence-electron chi connectivity index (χ1n) is 36.2. The maximum Gasteiger partial charge on any atom is 3.00 e. The van der Waals surface area contributed by atoms with E-state index < -0.39 is 39.8 Å². The first kappa shape index (κ1) is 161. The van der Waals surface area contributed by atoms with Gasteiger partial charge in [0.2, 0.25) is 64.1 Å². The number of para-hydroxylation sites is 6. The monoisotopic (exact) mass is 2180 g/mol. The summed E-state index contributed by atoms with van der Waals surface area (Å²) in [5.74, 6) is 0. The van der Waals surface area contributed by atoms with Crippen LogP contribution in [0.15, 0.2) is 146 Å². The van der Waals surface area contributed by atoms with Crippen molar-refractivity contribution in [3.8, 4) is 0 Å². The number of halogens is 16. The van der Waals surface area contributed by atoms with Crippen LogP contribution in [0.4, 0.5) is 137 Å². The van der Waals surface area contributed by atoms with Crippen molar-refractivity contribution in [2.24, 2.45) is 10.8 Å². The topological polar surface area (TPSA) is 431 Å². The largest absolute Gasteiger partial charge is 3.00 e. The second-order valence-corrected chi connectivity index (χ2v) is 27.3. The normalized spacial score (nSPS) is 9.12. The van der Waals surface area contributed by atoms with Gasteiger partial charge in [0.05, 0.1) is 0 Å². The van der Waals surface area contributed by atoms with Crippen molar-refractivity contribution in [3.63, 3.8) is 0 Å². The van der Waals surface area contributed by atoms with E-state index in [9.17, 15) is 117 Å². The number of hydrogen-bond acceptors (Lipinski definition) is 10. The summed E-state index contributed by atoms with van der Waals surface area (Å²) in [6.07, 6.45) is 7.50. The smallest absolute Gasteiger partial charge is 0.700 e. The summed E-state index contributed by atoms with van der Waals surface area (Å²) in [5, 5.41) is 27.9. The Hall–Kier alpha value is -10.1. The minimum Gasteiger partial charge on any atom is -0.700 e. The zero-order chi connectivity index (χ0) is 102. The Morgan fingerprint density at radius 3 is 0.343 bits per heavy atom. The van der Waals surface area contributed by atoms with Gasteiger partial charge in [-0.2, -0.15) is 68.2 Å². The Balaban J connectivity index is -0.0000000864. The summed E-state index contributed by atoms with van der Waals surface area (Å²) in [6.45, 7) is 6.75. The van der Waals surface area contributed by atoms with Gasteiger partial charge in [-0.1, -0.05) is 170 Å². The SMILES string of the molecule is CC(C[N-]c1ccccc1[NH-])(C[N-]c1ccccc1[NH-])C[N-]c1ccccc1[NH-].CC(C[N-]c1ccccc1[NH-])(C[N-]c1ccccc1[NH-])C[N-]c1ccccc1[NH-].CN(C)C=O.CN(C)C=O.CN(C)C=O.CN(C)C=O.CN(C)C=O.CN(C)C=O.CN(C)C=O.CN(C)C=O.CN(C)C=O.CN(C)C=O.F[B-](F)(F)F.F[B-](F)(F)F.F[B-](F)(F)F.F[B-](F)(F)F.[Fe+2].[Fe+2].[Fe+3].[Fe+3].[Fe+3].[Fe+3]. The third-order valence-electron chi connectivity index (χ3n) is 11.3. The molecule has 0 unspecified atom stereocenters. The van der Waals surface area contributed by atoms with Crippen LogP contribution in [0.5, 0.6) is 0 Å². The molecular weight excluding hydrogens is 2060 g/mol. The molecule has 0 saturated carbocycles. The third-order valence-corrected chi connectivity index (χ3v) is 11.3. The molecule has 0 atom stereocenters. The molecule has 0 aliphatic heterocycles. The number of benzene rings is 6. The number of hydrogen-bond donors (Lipinski definition) is 0. The van der Waals surface area contributed by atoms with Crippen molar-refractivity contribution in [3.05, 3.63) is 212 Å². The van der Waals surface area contributed by atoms with E-state index in [4.69, 9.17) is 34.4 Å². The number of carbonyl (C=O) groups excluding carboxylic acids is 10. The van der Waals surface area contributed by atoms with Crippen molar-refractivity contribution >= 4 is 161 Å². The molecule has 4 radical (unpaired) electrons. The molecule has 134 heavy (non-hydrogen) atoms. The third kappa shape index (κ3) is 142. The van der Waals surface area contributed by atoms with Crippen LogP contribution in [0, 0.1) is 10.8 Å². The molecule has 0 fully saturated rings. The predicted octanol–water partition coefficient (Wildman–Crippen LogP) is 20.5. The van der Waals surface area contributed by atoms with Gasteiger partial charge < -0.3 is 184 Å². The van der Waals surface area contributed by atoms with Gasteiger partial charge in [-0.05, 0) is 0 Å². The van der Waals surface area contributed by atoms with Crippen LogP contribution in [0.1, 0.15) is 13.8 Å². The van der Waals surface area contributed by atoms with Gasteiger partial charge in [-0.15, -0.1) is 39.3 Å².